The van der Waals surface area contributed by atoms with E-state index in [9.17, 15) is 10.1 Å². The van der Waals surface area contributed by atoms with Crippen LogP contribution in [0.3, 0.4) is 0 Å². The number of piperidine rings is 1. The maximum atomic E-state index is 10.9. The molecule has 0 amide bonds. The zero-order chi connectivity index (χ0) is 25.1. The van der Waals surface area contributed by atoms with E-state index in [2.05, 4.69) is 22.0 Å². The Bertz CT molecular complexity index is 1170. The summed E-state index contributed by atoms with van der Waals surface area (Å²) in [5.41, 5.74) is 1.64. The normalized spacial score (nSPS) is 19.6. The fourth-order valence-electron chi connectivity index (χ4n) is 4.59. The van der Waals surface area contributed by atoms with Crippen LogP contribution < -0.4 is 19.1 Å². The highest BCUT2D eigenvalue weighted by atomic mass is 35.5. The number of alkyl halides is 1. The van der Waals surface area contributed by atoms with Crippen LogP contribution in [0.5, 0.6) is 17.5 Å². The molecule has 0 spiro atoms. The average molecular weight is 513 g/mol. The van der Waals surface area contributed by atoms with Crippen molar-refractivity contribution in [1.82, 2.24) is 9.55 Å². The van der Waals surface area contributed by atoms with Gasteiger partial charge in [0, 0.05) is 29.6 Å². The number of ether oxygens (including phenoxy) is 3. The highest BCUT2D eigenvalue weighted by Crippen LogP contribution is 2.32. The molecule has 0 radical (unpaired) electrons. The molecule has 0 N–H and O–H groups in total. The van der Waals surface area contributed by atoms with Gasteiger partial charge in [-0.2, -0.15) is 0 Å². The van der Waals surface area contributed by atoms with E-state index >= 15 is 0 Å². The van der Waals surface area contributed by atoms with E-state index in [1.807, 2.05) is 43.3 Å². The molecular weight excluding hydrogens is 484 g/mol. The lowest BCUT2D eigenvalue weighted by Gasteiger charge is -2.33. The van der Waals surface area contributed by atoms with Crippen molar-refractivity contribution >= 4 is 23.1 Å². The van der Waals surface area contributed by atoms with E-state index in [4.69, 9.17) is 25.8 Å². The van der Waals surface area contributed by atoms with Gasteiger partial charge in [0.2, 0.25) is 0 Å². The quantitative estimate of drug-likeness (QED) is 0.225. The van der Waals surface area contributed by atoms with Gasteiger partial charge in [-0.25, -0.2) is 0 Å². The molecule has 2 aliphatic heterocycles. The molecule has 1 fully saturated rings. The van der Waals surface area contributed by atoms with Gasteiger partial charge in [0.05, 0.1) is 13.2 Å². The lowest BCUT2D eigenvalue weighted by Crippen LogP contribution is -2.38. The maximum Gasteiger partial charge on any atom is 0.415 e. The first-order chi connectivity index (χ1) is 17.4. The minimum atomic E-state index is -0.633. The largest absolute Gasteiger partial charge is 0.493 e. The third-order valence-corrected chi connectivity index (χ3v) is 6.99. The monoisotopic (exact) mass is 512 g/mol. The summed E-state index contributed by atoms with van der Waals surface area (Å²) in [5.74, 6) is 2.49. The lowest BCUT2D eigenvalue weighted by atomic mass is 9.97. The molecule has 2 aliphatic rings. The molecule has 2 aromatic carbocycles. The van der Waals surface area contributed by atoms with Crippen molar-refractivity contribution in [3.05, 3.63) is 70.4 Å². The van der Waals surface area contributed by atoms with Gasteiger partial charge in [0.15, 0.2) is 5.60 Å². The predicted molar refractivity (Wildman–Crippen MR) is 136 cm³/mol. The third-order valence-electron chi connectivity index (χ3n) is 6.68. The molecule has 3 aromatic rings. The number of hydrogen-bond acceptors (Lipinski definition) is 7. The van der Waals surface area contributed by atoms with E-state index in [1.54, 1.807) is 4.57 Å². The zero-order valence-corrected chi connectivity index (χ0v) is 20.9. The smallest absolute Gasteiger partial charge is 0.415 e. The third kappa shape index (κ3) is 5.51. The average Bonchev–Trinajstić information content (AvgIpc) is 3.43. The molecule has 3 heterocycles. The van der Waals surface area contributed by atoms with E-state index in [0.29, 0.717) is 24.9 Å². The van der Waals surface area contributed by atoms with Crippen LogP contribution in [0.4, 0.5) is 11.5 Å². The number of hydrogen-bond donors (Lipinski definition) is 0. The van der Waals surface area contributed by atoms with Gasteiger partial charge < -0.3 is 29.2 Å². The molecular formula is C26H29ClN4O5. The van der Waals surface area contributed by atoms with Crippen LogP contribution in [0.25, 0.3) is 0 Å². The molecule has 9 nitrogen and oxygen atoms in total. The Kier molecular flexibility index (Phi) is 6.91. The van der Waals surface area contributed by atoms with Crippen molar-refractivity contribution < 1.29 is 19.1 Å². The van der Waals surface area contributed by atoms with Crippen LogP contribution in [0.2, 0.25) is 0 Å². The number of fused-ring (bicyclic) bond motifs is 1. The summed E-state index contributed by atoms with van der Waals surface area (Å²) in [6.45, 7) is 5.37. The van der Waals surface area contributed by atoms with Gasteiger partial charge in [0.1, 0.15) is 24.3 Å². The highest BCUT2D eigenvalue weighted by Gasteiger charge is 2.41. The van der Waals surface area contributed by atoms with Gasteiger partial charge in [-0.05, 0) is 72.6 Å². The highest BCUT2D eigenvalue weighted by molar-refractivity contribution is 6.17. The SMILES string of the molecule is CC1(COc2ccc(N3CCC(COc4ccc(CCl)cc4)CC3)cc2)Cn2cc([N+](=O)[O-])nc2O1. The second-order valence-corrected chi connectivity index (χ2v) is 9.89. The molecule has 1 saturated heterocycles. The van der Waals surface area contributed by atoms with E-state index in [-0.39, 0.29) is 11.8 Å². The summed E-state index contributed by atoms with van der Waals surface area (Å²) in [6.07, 6.45) is 3.56. The van der Waals surface area contributed by atoms with Crippen molar-refractivity contribution in [3.63, 3.8) is 0 Å². The van der Waals surface area contributed by atoms with Crippen molar-refractivity contribution in [2.45, 2.75) is 37.8 Å². The summed E-state index contributed by atoms with van der Waals surface area (Å²) >= 11 is 5.85. The molecule has 1 unspecified atom stereocenters. The minimum Gasteiger partial charge on any atom is -0.493 e. The topological polar surface area (TPSA) is 91.9 Å². The molecule has 0 bridgehead atoms. The van der Waals surface area contributed by atoms with E-state index < -0.39 is 10.5 Å². The number of nitro groups is 1. The molecule has 1 atom stereocenters. The molecule has 1 aromatic heterocycles. The second kappa shape index (κ2) is 10.3. The summed E-state index contributed by atoms with van der Waals surface area (Å²) < 4.78 is 19.4. The Morgan fingerprint density at radius 3 is 2.42 bits per heavy atom. The lowest BCUT2D eigenvalue weighted by molar-refractivity contribution is -0.389. The standard InChI is InChI=1S/C26H29ClN4O5/c1-26(17-30-15-24(31(32)33)28-25(30)36-26)18-35-23-8-4-21(5-9-23)29-12-10-20(11-13-29)16-34-22-6-2-19(14-27)3-7-22/h2-9,15,20H,10-14,16-18H2,1H3. The summed E-state index contributed by atoms with van der Waals surface area (Å²) in [7, 11) is 0. The van der Waals surface area contributed by atoms with Crippen LogP contribution in [0, 0.1) is 16.0 Å². The first-order valence-electron chi connectivity index (χ1n) is 12.1. The Hall–Kier alpha value is -3.46. The van der Waals surface area contributed by atoms with Crippen LogP contribution in [0.15, 0.2) is 54.7 Å². The zero-order valence-electron chi connectivity index (χ0n) is 20.1. The molecule has 10 heteroatoms. The summed E-state index contributed by atoms with van der Waals surface area (Å²) in [5, 5.41) is 10.9. The Morgan fingerprint density at radius 1 is 1.11 bits per heavy atom. The minimum absolute atomic E-state index is 0.211. The van der Waals surface area contributed by atoms with Gasteiger partial charge >= 0.3 is 11.8 Å². The molecule has 5 rings (SSSR count). The number of anilines is 1. The number of halogens is 1. The van der Waals surface area contributed by atoms with E-state index in [0.717, 1.165) is 49.6 Å². The predicted octanol–water partition coefficient (Wildman–Crippen LogP) is 5.06. The van der Waals surface area contributed by atoms with Crippen molar-refractivity contribution in [2.75, 3.05) is 31.2 Å². The molecule has 0 saturated carbocycles. The maximum absolute atomic E-state index is 10.9. The Balaban J connectivity index is 1.06. The Labute approximate surface area is 214 Å². The number of aromatic nitrogens is 2. The van der Waals surface area contributed by atoms with Crippen molar-refractivity contribution in [3.8, 4) is 17.5 Å². The van der Waals surface area contributed by atoms with Crippen LogP contribution in [-0.4, -0.2) is 46.4 Å². The van der Waals surface area contributed by atoms with Gasteiger partial charge in [0.25, 0.3) is 0 Å². The van der Waals surface area contributed by atoms with Crippen LogP contribution in [-0.2, 0) is 12.4 Å². The number of nitrogens with zero attached hydrogens (tertiary/aromatic N) is 4. The number of benzene rings is 2. The van der Waals surface area contributed by atoms with Gasteiger partial charge in [-0.3, -0.25) is 4.57 Å². The van der Waals surface area contributed by atoms with Crippen LogP contribution >= 0.6 is 11.6 Å². The fourth-order valence-corrected chi connectivity index (χ4v) is 4.77. The Morgan fingerprint density at radius 2 is 1.78 bits per heavy atom. The van der Waals surface area contributed by atoms with Crippen molar-refractivity contribution in [1.29, 1.82) is 0 Å². The van der Waals surface area contributed by atoms with E-state index in [1.165, 1.54) is 11.9 Å². The fraction of sp³-hybridized carbons (Fsp3) is 0.423. The first-order valence-corrected chi connectivity index (χ1v) is 12.6. The number of imidazole rings is 1. The summed E-state index contributed by atoms with van der Waals surface area (Å²) in [6, 6.07) is 16.3. The first kappa shape index (κ1) is 24.2. The van der Waals surface area contributed by atoms with Crippen LogP contribution in [0.1, 0.15) is 25.3 Å². The second-order valence-electron chi connectivity index (χ2n) is 9.62. The van der Waals surface area contributed by atoms with Gasteiger partial charge in [-0.1, -0.05) is 12.1 Å². The summed E-state index contributed by atoms with van der Waals surface area (Å²) in [4.78, 5) is 16.7. The molecule has 190 valence electrons. The molecule has 36 heavy (non-hydrogen) atoms. The van der Waals surface area contributed by atoms with Crippen molar-refractivity contribution in [2.24, 2.45) is 5.92 Å². The molecule has 0 aliphatic carbocycles. The number of rotatable bonds is 9. The van der Waals surface area contributed by atoms with Gasteiger partial charge in [-0.15, -0.1) is 11.6 Å².